The molecule has 0 saturated carbocycles. The Labute approximate surface area is 166 Å². The second-order valence-corrected chi connectivity index (χ2v) is 6.83. The van der Waals surface area contributed by atoms with Crippen LogP contribution in [-0.4, -0.2) is 10.5 Å². The lowest BCUT2D eigenvalue weighted by atomic mass is 10.1. The van der Waals surface area contributed by atoms with Crippen LogP contribution >= 0.6 is 15.9 Å². The molecule has 0 aliphatic carbocycles. The summed E-state index contributed by atoms with van der Waals surface area (Å²) >= 11 is 3.47. The predicted molar refractivity (Wildman–Crippen MR) is 112 cm³/mol. The first-order chi connectivity index (χ1) is 13.1. The van der Waals surface area contributed by atoms with Gasteiger partial charge in [-0.2, -0.15) is 5.26 Å². The molecule has 0 spiro atoms. The summed E-state index contributed by atoms with van der Waals surface area (Å²) in [7, 11) is 0. The molecule has 0 radical (unpaired) electrons. The zero-order valence-electron chi connectivity index (χ0n) is 14.8. The molecule has 0 unspecified atom stereocenters. The summed E-state index contributed by atoms with van der Waals surface area (Å²) in [5.74, 6) is -0.416. The lowest BCUT2D eigenvalue weighted by molar-refractivity contribution is -0.112. The molecule has 5 heteroatoms. The average molecular weight is 420 g/mol. The molecule has 0 bridgehead atoms. The second kappa shape index (κ2) is 8.52. The largest absolute Gasteiger partial charge is 0.321 e. The summed E-state index contributed by atoms with van der Waals surface area (Å²) in [6.07, 6.45) is 4.30. The van der Waals surface area contributed by atoms with Crippen molar-refractivity contribution in [3.05, 3.63) is 88.2 Å². The van der Waals surface area contributed by atoms with Gasteiger partial charge in [-0.05, 0) is 54.5 Å². The number of amides is 1. The van der Waals surface area contributed by atoms with E-state index in [9.17, 15) is 10.1 Å². The quantitative estimate of drug-likeness (QED) is 0.447. The van der Waals surface area contributed by atoms with Crippen LogP contribution in [-0.2, 0) is 11.2 Å². The summed E-state index contributed by atoms with van der Waals surface area (Å²) in [5, 5.41) is 12.4. The first kappa shape index (κ1) is 18.7. The number of nitrogens with zero attached hydrogens (tertiary/aromatic N) is 2. The lowest BCUT2D eigenvalue weighted by Gasteiger charge is -2.10. The van der Waals surface area contributed by atoms with E-state index < -0.39 is 5.91 Å². The van der Waals surface area contributed by atoms with Crippen LogP contribution in [0.5, 0.6) is 0 Å². The fraction of sp³-hybridized carbons (Fsp3) is 0.0909. The highest BCUT2D eigenvalue weighted by Gasteiger charge is 2.12. The Balaban J connectivity index is 1.91. The van der Waals surface area contributed by atoms with E-state index in [2.05, 4.69) is 21.2 Å². The summed E-state index contributed by atoms with van der Waals surface area (Å²) in [5.41, 5.74) is 3.50. The first-order valence-electron chi connectivity index (χ1n) is 8.56. The molecule has 1 amide bonds. The van der Waals surface area contributed by atoms with Gasteiger partial charge in [-0.15, -0.1) is 0 Å². The highest BCUT2D eigenvalue weighted by atomic mass is 79.9. The van der Waals surface area contributed by atoms with Crippen LogP contribution < -0.4 is 5.32 Å². The van der Waals surface area contributed by atoms with Crippen molar-refractivity contribution in [2.75, 3.05) is 5.32 Å². The minimum Gasteiger partial charge on any atom is -0.321 e. The van der Waals surface area contributed by atoms with E-state index in [1.54, 1.807) is 6.08 Å². The van der Waals surface area contributed by atoms with Crippen LogP contribution in [0, 0.1) is 11.3 Å². The lowest BCUT2D eigenvalue weighted by Crippen LogP contribution is -2.15. The molecule has 1 aromatic heterocycles. The van der Waals surface area contributed by atoms with E-state index in [-0.39, 0.29) is 5.57 Å². The molecule has 3 rings (SSSR count). The SMILES string of the molecule is CCc1ccccc1NC(=O)/C(C#N)=C\c1cccn1-c1cccc(Br)c1. The maximum atomic E-state index is 12.6. The molecule has 0 aliphatic heterocycles. The van der Waals surface area contributed by atoms with Gasteiger partial charge in [-0.3, -0.25) is 4.79 Å². The number of halogens is 1. The number of benzene rings is 2. The van der Waals surface area contributed by atoms with Crippen LogP contribution in [0.4, 0.5) is 5.69 Å². The van der Waals surface area contributed by atoms with Gasteiger partial charge in [0.05, 0.1) is 0 Å². The Morgan fingerprint density at radius 3 is 2.74 bits per heavy atom. The van der Waals surface area contributed by atoms with Crippen molar-refractivity contribution in [2.24, 2.45) is 0 Å². The van der Waals surface area contributed by atoms with Crippen LogP contribution in [0.2, 0.25) is 0 Å². The van der Waals surface area contributed by atoms with E-state index in [1.807, 2.05) is 84.4 Å². The van der Waals surface area contributed by atoms with Crippen LogP contribution in [0.1, 0.15) is 18.2 Å². The van der Waals surface area contributed by atoms with Gasteiger partial charge in [0.15, 0.2) is 0 Å². The zero-order chi connectivity index (χ0) is 19.2. The fourth-order valence-corrected chi connectivity index (χ4v) is 3.20. The Bertz CT molecular complexity index is 1040. The van der Waals surface area contributed by atoms with E-state index in [0.29, 0.717) is 0 Å². The molecule has 0 saturated heterocycles. The van der Waals surface area contributed by atoms with Crippen molar-refractivity contribution in [1.82, 2.24) is 4.57 Å². The van der Waals surface area contributed by atoms with Crippen LogP contribution in [0.25, 0.3) is 11.8 Å². The number of para-hydroxylation sites is 1. The highest BCUT2D eigenvalue weighted by Crippen LogP contribution is 2.20. The molecule has 0 fully saturated rings. The number of carbonyl (C=O) groups is 1. The number of hydrogen-bond acceptors (Lipinski definition) is 2. The fourth-order valence-electron chi connectivity index (χ4n) is 2.81. The van der Waals surface area contributed by atoms with Gasteiger partial charge in [0.2, 0.25) is 0 Å². The molecule has 4 nitrogen and oxygen atoms in total. The Morgan fingerprint density at radius 1 is 1.19 bits per heavy atom. The van der Waals surface area contributed by atoms with Gasteiger partial charge in [-0.1, -0.05) is 47.1 Å². The van der Waals surface area contributed by atoms with Crippen LogP contribution in [0.3, 0.4) is 0 Å². The number of hydrogen-bond donors (Lipinski definition) is 1. The number of aromatic nitrogens is 1. The smallest absolute Gasteiger partial charge is 0.266 e. The Kier molecular flexibility index (Phi) is 5.90. The number of anilines is 1. The minimum atomic E-state index is -0.416. The number of rotatable bonds is 5. The number of nitriles is 1. The van der Waals surface area contributed by atoms with Gasteiger partial charge in [0.1, 0.15) is 11.6 Å². The van der Waals surface area contributed by atoms with Gasteiger partial charge >= 0.3 is 0 Å². The number of aryl methyl sites for hydroxylation is 1. The third kappa shape index (κ3) is 4.36. The first-order valence-corrected chi connectivity index (χ1v) is 9.36. The monoisotopic (exact) mass is 419 g/mol. The predicted octanol–water partition coefficient (Wildman–Crippen LogP) is 5.35. The molecular formula is C22H18BrN3O. The van der Waals surface area contributed by atoms with E-state index in [4.69, 9.17) is 0 Å². The zero-order valence-corrected chi connectivity index (χ0v) is 16.4. The van der Waals surface area contributed by atoms with Crippen molar-refractivity contribution in [1.29, 1.82) is 5.26 Å². The summed E-state index contributed by atoms with van der Waals surface area (Å²) in [4.78, 5) is 12.6. The molecular weight excluding hydrogens is 402 g/mol. The van der Waals surface area contributed by atoms with Gasteiger partial charge in [0.25, 0.3) is 5.91 Å². The Hall–Kier alpha value is -3.10. The standard InChI is InChI=1S/C22H18BrN3O/c1-2-16-7-3-4-11-21(16)25-22(27)17(15-24)13-19-10-6-12-26(19)20-9-5-8-18(23)14-20/h3-14H,2H2,1H3,(H,25,27)/b17-13-. The van der Waals surface area contributed by atoms with Crippen molar-refractivity contribution >= 4 is 33.6 Å². The maximum absolute atomic E-state index is 12.6. The molecule has 1 heterocycles. The summed E-state index contributed by atoms with van der Waals surface area (Å²) in [6.45, 7) is 2.02. The summed E-state index contributed by atoms with van der Waals surface area (Å²) < 4.78 is 2.88. The third-order valence-electron chi connectivity index (χ3n) is 4.17. The molecule has 1 N–H and O–H groups in total. The van der Waals surface area contributed by atoms with Gasteiger partial charge in [-0.25, -0.2) is 0 Å². The molecule has 0 aliphatic rings. The summed E-state index contributed by atoms with van der Waals surface area (Å²) in [6, 6.07) is 21.2. The van der Waals surface area contributed by atoms with Gasteiger partial charge in [0, 0.05) is 27.7 Å². The minimum absolute atomic E-state index is 0.0517. The highest BCUT2D eigenvalue weighted by molar-refractivity contribution is 9.10. The molecule has 27 heavy (non-hydrogen) atoms. The number of nitrogens with one attached hydrogen (secondary N) is 1. The van der Waals surface area contributed by atoms with E-state index in [1.165, 1.54) is 0 Å². The van der Waals surface area contributed by atoms with Crippen LogP contribution in [0.15, 0.2) is 76.9 Å². The molecule has 2 aromatic carbocycles. The van der Waals surface area contributed by atoms with Crippen molar-refractivity contribution in [3.8, 4) is 11.8 Å². The van der Waals surface area contributed by atoms with Crippen molar-refractivity contribution in [2.45, 2.75) is 13.3 Å². The van der Waals surface area contributed by atoms with Crippen molar-refractivity contribution < 1.29 is 4.79 Å². The molecule has 0 atom stereocenters. The number of carbonyl (C=O) groups excluding carboxylic acids is 1. The molecule has 3 aromatic rings. The maximum Gasteiger partial charge on any atom is 0.266 e. The topological polar surface area (TPSA) is 57.8 Å². The Morgan fingerprint density at radius 2 is 2.00 bits per heavy atom. The third-order valence-corrected chi connectivity index (χ3v) is 4.66. The second-order valence-electron chi connectivity index (χ2n) is 5.92. The van der Waals surface area contributed by atoms with Gasteiger partial charge < -0.3 is 9.88 Å². The molecule has 134 valence electrons. The van der Waals surface area contributed by atoms with E-state index >= 15 is 0 Å². The normalized spacial score (nSPS) is 11.1. The average Bonchev–Trinajstić information content (AvgIpc) is 3.14. The van der Waals surface area contributed by atoms with E-state index in [0.717, 1.165) is 33.5 Å². The van der Waals surface area contributed by atoms with Crippen molar-refractivity contribution in [3.63, 3.8) is 0 Å².